The molecule has 0 aliphatic heterocycles. The largest absolute Gasteiger partial charge is 0.478 e. The second-order valence-corrected chi connectivity index (χ2v) is 10.7. The van der Waals surface area contributed by atoms with Gasteiger partial charge in [0.1, 0.15) is 6.07 Å². The Balaban J connectivity index is 0.000000206. The van der Waals surface area contributed by atoms with Gasteiger partial charge in [0, 0.05) is 57.3 Å². The molecule has 2 aromatic heterocycles. The number of nitro groups is 2. The molecule has 0 saturated carbocycles. The maximum Gasteiger partial charge on any atom is 0.338 e. The fourth-order valence-electron chi connectivity index (χ4n) is 3.73. The Morgan fingerprint density at radius 2 is 1.24 bits per heavy atom. The summed E-state index contributed by atoms with van der Waals surface area (Å²) in [5, 5.41) is 41.1. The molecular weight excluding hydrogens is 478 g/mol. The van der Waals surface area contributed by atoms with E-state index in [0.29, 0.717) is 27.4 Å². The number of nitrogens with zero attached hydrogens (tertiary/aromatic N) is 3. The van der Waals surface area contributed by atoms with Crippen molar-refractivity contribution in [2.75, 3.05) is 0 Å². The lowest BCUT2D eigenvalue weighted by atomic mass is 9.92. The van der Waals surface area contributed by atoms with E-state index in [1.807, 2.05) is 53.7 Å². The van der Waals surface area contributed by atoms with Gasteiger partial charge in [0.05, 0.1) is 32.0 Å². The van der Waals surface area contributed by atoms with Crippen molar-refractivity contribution in [3.63, 3.8) is 0 Å². The first kappa shape index (κ1) is 26.9. The summed E-state index contributed by atoms with van der Waals surface area (Å²) in [6, 6.07) is 10.9. The molecule has 0 bridgehead atoms. The van der Waals surface area contributed by atoms with Crippen LogP contribution in [0.2, 0.25) is 0 Å². The van der Waals surface area contributed by atoms with Crippen molar-refractivity contribution in [2.24, 2.45) is 0 Å². The third-order valence-corrected chi connectivity index (χ3v) is 5.81. The molecule has 0 amide bonds. The normalized spacial score (nSPS) is 11.6. The number of nitrogens with one attached hydrogen (secondary N) is 2. The van der Waals surface area contributed by atoms with E-state index in [-0.39, 0.29) is 27.8 Å². The third kappa shape index (κ3) is 5.59. The Kier molecular flexibility index (Phi) is 6.82. The van der Waals surface area contributed by atoms with E-state index in [2.05, 4.69) is 9.97 Å². The lowest BCUT2D eigenvalue weighted by Crippen LogP contribution is -2.11. The number of benzene rings is 2. The smallest absolute Gasteiger partial charge is 0.338 e. The SMILES string of the molecule is CC(C)(C)c1cc2cc([N+](=O)[O-])cc(C#N)c2[nH]1.CC(C)(C)c1cc2cc([N+](=O)[O-])cc(C(=O)O)c2[nH]1. The van der Waals surface area contributed by atoms with E-state index < -0.39 is 15.8 Å². The molecule has 3 N–H and O–H groups in total. The summed E-state index contributed by atoms with van der Waals surface area (Å²) in [7, 11) is 0. The molecule has 11 nitrogen and oxygen atoms in total. The van der Waals surface area contributed by atoms with Crippen LogP contribution in [0.3, 0.4) is 0 Å². The number of carboxylic acids is 1. The van der Waals surface area contributed by atoms with Crippen LogP contribution in [-0.2, 0) is 10.8 Å². The van der Waals surface area contributed by atoms with Gasteiger partial charge < -0.3 is 15.1 Å². The molecule has 0 fully saturated rings. The Morgan fingerprint density at radius 3 is 1.65 bits per heavy atom. The van der Waals surface area contributed by atoms with Gasteiger partial charge in [-0.1, -0.05) is 41.5 Å². The molecule has 2 heterocycles. The van der Waals surface area contributed by atoms with E-state index in [9.17, 15) is 25.0 Å². The van der Waals surface area contributed by atoms with Gasteiger partial charge >= 0.3 is 5.97 Å². The maximum atomic E-state index is 11.2. The number of hydrogen-bond acceptors (Lipinski definition) is 6. The standard InChI is InChI=1S/C13H13N3O2.C13H14N2O4/c1-13(2,3)11-6-8-4-10(16(17)18)5-9(7-14)12(8)15-11;1-13(2,3)10-5-7-4-8(15(18)19)6-9(12(16)17)11(7)14-10/h4-6,15H,1-3H3;4-6,14H,1-3H3,(H,16,17). The molecule has 4 aromatic rings. The van der Waals surface area contributed by atoms with Crippen molar-refractivity contribution in [3.8, 4) is 6.07 Å². The molecule has 0 saturated heterocycles. The van der Waals surface area contributed by atoms with Crippen LogP contribution in [0.15, 0.2) is 36.4 Å². The van der Waals surface area contributed by atoms with Gasteiger partial charge in [-0.2, -0.15) is 5.26 Å². The number of carboxylic acid groups (broad SMARTS) is 1. The summed E-state index contributed by atoms with van der Waals surface area (Å²) in [6.45, 7) is 12.1. The van der Waals surface area contributed by atoms with Crippen LogP contribution in [0, 0.1) is 31.6 Å². The van der Waals surface area contributed by atoms with Crippen molar-refractivity contribution in [3.05, 3.63) is 79.1 Å². The predicted octanol–water partition coefficient (Wildman–Crippen LogP) is 6.32. The first-order valence-corrected chi connectivity index (χ1v) is 11.3. The highest BCUT2D eigenvalue weighted by Gasteiger charge is 2.22. The van der Waals surface area contributed by atoms with Gasteiger partial charge in [-0.05, 0) is 12.1 Å². The van der Waals surface area contributed by atoms with Gasteiger partial charge in [-0.3, -0.25) is 20.2 Å². The summed E-state index contributed by atoms with van der Waals surface area (Å²) in [6.07, 6.45) is 0. The summed E-state index contributed by atoms with van der Waals surface area (Å²) in [5.41, 5.74) is 2.53. The van der Waals surface area contributed by atoms with E-state index in [1.165, 1.54) is 18.2 Å². The van der Waals surface area contributed by atoms with Crippen molar-refractivity contribution in [1.82, 2.24) is 9.97 Å². The maximum absolute atomic E-state index is 11.2. The van der Waals surface area contributed by atoms with Crippen LogP contribution in [0.1, 0.15) is 68.9 Å². The number of hydrogen-bond donors (Lipinski definition) is 3. The Morgan fingerprint density at radius 1 is 0.811 bits per heavy atom. The molecule has 0 unspecified atom stereocenters. The number of nitriles is 1. The number of rotatable bonds is 3. The number of aromatic amines is 2. The minimum Gasteiger partial charge on any atom is -0.478 e. The van der Waals surface area contributed by atoms with Crippen LogP contribution in [0.25, 0.3) is 21.8 Å². The minimum absolute atomic E-state index is 0.0569. The van der Waals surface area contributed by atoms with Crippen LogP contribution < -0.4 is 0 Å². The summed E-state index contributed by atoms with van der Waals surface area (Å²) < 4.78 is 0. The van der Waals surface area contributed by atoms with Crippen LogP contribution in [0.5, 0.6) is 0 Å². The quantitative estimate of drug-likeness (QED) is 0.215. The monoisotopic (exact) mass is 505 g/mol. The average molecular weight is 506 g/mol. The van der Waals surface area contributed by atoms with Crippen molar-refractivity contribution < 1.29 is 19.7 Å². The van der Waals surface area contributed by atoms with Crippen LogP contribution in [-0.4, -0.2) is 30.9 Å². The second kappa shape index (κ2) is 9.39. The summed E-state index contributed by atoms with van der Waals surface area (Å²) in [4.78, 5) is 38.0. The highest BCUT2D eigenvalue weighted by atomic mass is 16.6. The van der Waals surface area contributed by atoms with Gasteiger partial charge in [0.2, 0.25) is 0 Å². The van der Waals surface area contributed by atoms with Gasteiger partial charge in [-0.15, -0.1) is 0 Å². The lowest BCUT2D eigenvalue weighted by Gasteiger charge is -2.15. The fraction of sp³-hybridized carbons (Fsp3) is 0.308. The number of non-ortho nitro benzene ring substituents is 2. The highest BCUT2D eigenvalue weighted by Crippen LogP contribution is 2.31. The fourth-order valence-corrected chi connectivity index (χ4v) is 3.73. The van der Waals surface area contributed by atoms with E-state index >= 15 is 0 Å². The van der Waals surface area contributed by atoms with Gasteiger partial charge in [0.25, 0.3) is 11.4 Å². The number of H-pyrrole nitrogens is 2. The third-order valence-electron chi connectivity index (χ3n) is 5.81. The predicted molar refractivity (Wildman–Crippen MR) is 139 cm³/mol. The number of carbonyl (C=O) groups is 1. The Hall–Kier alpha value is -4.72. The topological polar surface area (TPSA) is 179 Å². The number of aromatic nitrogens is 2. The van der Waals surface area contributed by atoms with E-state index in [1.54, 1.807) is 6.07 Å². The second-order valence-electron chi connectivity index (χ2n) is 10.7. The zero-order valence-electron chi connectivity index (χ0n) is 21.3. The Bertz CT molecular complexity index is 1590. The van der Waals surface area contributed by atoms with Crippen LogP contribution >= 0.6 is 0 Å². The summed E-state index contributed by atoms with van der Waals surface area (Å²) >= 11 is 0. The molecule has 0 spiro atoms. The molecular formula is C26H27N5O6. The zero-order chi connectivity index (χ0) is 27.9. The van der Waals surface area contributed by atoms with E-state index in [4.69, 9.17) is 10.4 Å². The number of nitro benzene ring substituents is 2. The molecule has 2 aromatic carbocycles. The average Bonchev–Trinajstić information content (AvgIpc) is 3.42. The number of aromatic carboxylic acids is 1. The van der Waals surface area contributed by atoms with Crippen molar-refractivity contribution in [1.29, 1.82) is 5.26 Å². The first-order valence-electron chi connectivity index (χ1n) is 11.3. The van der Waals surface area contributed by atoms with Gasteiger partial charge in [-0.25, -0.2) is 4.79 Å². The number of fused-ring (bicyclic) bond motifs is 2. The molecule has 37 heavy (non-hydrogen) atoms. The summed E-state index contributed by atoms with van der Waals surface area (Å²) in [5.74, 6) is -1.18. The van der Waals surface area contributed by atoms with Crippen LogP contribution in [0.4, 0.5) is 11.4 Å². The highest BCUT2D eigenvalue weighted by molar-refractivity contribution is 6.03. The molecule has 192 valence electrons. The molecule has 11 heteroatoms. The molecule has 0 atom stereocenters. The minimum atomic E-state index is -1.18. The molecule has 0 aliphatic carbocycles. The zero-order valence-corrected chi connectivity index (χ0v) is 21.3. The van der Waals surface area contributed by atoms with Crippen molar-refractivity contribution in [2.45, 2.75) is 52.4 Å². The van der Waals surface area contributed by atoms with Gasteiger partial charge in [0.15, 0.2) is 0 Å². The lowest BCUT2D eigenvalue weighted by molar-refractivity contribution is -0.384. The van der Waals surface area contributed by atoms with E-state index in [0.717, 1.165) is 17.5 Å². The molecule has 0 radical (unpaired) electrons. The molecule has 4 rings (SSSR count). The van der Waals surface area contributed by atoms with Crippen molar-refractivity contribution >= 4 is 39.1 Å². The Labute approximate surface area is 212 Å². The first-order chi connectivity index (χ1) is 17.0. The molecule has 0 aliphatic rings.